The van der Waals surface area contributed by atoms with Crippen LogP contribution in [0.4, 0.5) is 8.78 Å². The van der Waals surface area contributed by atoms with Crippen LogP contribution in [-0.2, 0) is 4.84 Å². The van der Waals surface area contributed by atoms with Crippen LogP contribution in [0.15, 0.2) is 12.1 Å². The molecule has 0 aliphatic carbocycles. The van der Waals surface area contributed by atoms with Gasteiger partial charge in [0.1, 0.15) is 11.6 Å². The third-order valence-corrected chi connectivity index (χ3v) is 2.55. The van der Waals surface area contributed by atoms with Crippen LogP contribution >= 0.6 is 11.6 Å². The van der Waals surface area contributed by atoms with Crippen molar-refractivity contribution in [1.29, 1.82) is 0 Å². The predicted molar refractivity (Wildman–Crippen MR) is 47.8 cm³/mol. The minimum atomic E-state index is -0.614. The number of hydroxylamine groups is 1. The molecule has 0 saturated carbocycles. The summed E-state index contributed by atoms with van der Waals surface area (Å²) >= 11 is 5.67. The smallest absolute Gasteiger partial charge is 0.142 e. The molecule has 0 radical (unpaired) electrons. The molecule has 2 rings (SSSR count). The molecule has 0 amide bonds. The maximum Gasteiger partial charge on any atom is 0.142 e. The molecule has 1 fully saturated rings. The van der Waals surface area contributed by atoms with Crippen LogP contribution in [0.1, 0.15) is 18.0 Å². The van der Waals surface area contributed by atoms with E-state index in [0.717, 1.165) is 12.1 Å². The van der Waals surface area contributed by atoms with Gasteiger partial charge >= 0.3 is 0 Å². The molecule has 1 aliphatic heterocycles. The summed E-state index contributed by atoms with van der Waals surface area (Å²) in [6.45, 7) is 0.469. The zero-order valence-electron chi connectivity index (χ0n) is 7.19. The van der Waals surface area contributed by atoms with Crippen molar-refractivity contribution in [2.75, 3.05) is 6.61 Å². The Hall–Kier alpha value is -0.710. The van der Waals surface area contributed by atoms with Crippen molar-refractivity contribution in [3.8, 4) is 0 Å². The topological polar surface area (TPSA) is 21.3 Å². The number of nitrogens with one attached hydrogen (secondary N) is 1. The molecule has 0 spiro atoms. The highest BCUT2D eigenvalue weighted by Gasteiger charge is 2.24. The lowest BCUT2D eigenvalue weighted by atomic mass is 10.0. The van der Waals surface area contributed by atoms with E-state index in [0.29, 0.717) is 13.0 Å². The quantitative estimate of drug-likeness (QED) is 0.733. The summed E-state index contributed by atoms with van der Waals surface area (Å²) in [4.78, 5) is 4.86. The molecule has 1 atom stereocenters. The Morgan fingerprint density at radius 2 is 2.07 bits per heavy atom. The Labute approximate surface area is 84.8 Å². The molecular formula is C9H8ClF2NO. The van der Waals surface area contributed by atoms with Crippen molar-refractivity contribution in [2.24, 2.45) is 0 Å². The van der Waals surface area contributed by atoms with Crippen molar-refractivity contribution >= 4 is 11.6 Å². The van der Waals surface area contributed by atoms with E-state index in [-0.39, 0.29) is 16.6 Å². The van der Waals surface area contributed by atoms with Crippen molar-refractivity contribution in [3.63, 3.8) is 0 Å². The summed E-state index contributed by atoms with van der Waals surface area (Å²) in [5.41, 5.74) is 2.73. The highest BCUT2D eigenvalue weighted by molar-refractivity contribution is 6.31. The molecule has 1 aromatic rings. The lowest BCUT2D eigenvalue weighted by molar-refractivity contribution is 0.0877. The average molecular weight is 220 g/mol. The van der Waals surface area contributed by atoms with Gasteiger partial charge in [0.15, 0.2) is 0 Å². The zero-order valence-corrected chi connectivity index (χ0v) is 7.94. The minimum absolute atomic E-state index is 0.143. The second-order valence-corrected chi connectivity index (χ2v) is 3.44. The molecular weight excluding hydrogens is 212 g/mol. The van der Waals surface area contributed by atoms with E-state index < -0.39 is 11.6 Å². The molecule has 1 aliphatic rings. The Bertz CT molecular complexity index is 353. The lowest BCUT2D eigenvalue weighted by Gasteiger charge is -2.12. The van der Waals surface area contributed by atoms with Gasteiger partial charge in [0.25, 0.3) is 0 Å². The summed E-state index contributed by atoms with van der Waals surface area (Å²) < 4.78 is 26.4. The maximum atomic E-state index is 13.3. The van der Waals surface area contributed by atoms with Gasteiger partial charge in [-0.05, 0) is 18.6 Å². The van der Waals surface area contributed by atoms with Gasteiger partial charge in [-0.25, -0.2) is 8.78 Å². The van der Waals surface area contributed by atoms with Crippen LogP contribution < -0.4 is 5.48 Å². The van der Waals surface area contributed by atoms with Crippen molar-refractivity contribution in [3.05, 3.63) is 34.4 Å². The molecule has 2 nitrogen and oxygen atoms in total. The summed E-state index contributed by atoms with van der Waals surface area (Å²) in [5.74, 6) is -1.13. The van der Waals surface area contributed by atoms with Gasteiger partial charge in [-0.1, -0.05) is 11.6 Å². The van der Waals surface area contributed by atoms with Gasteiger partial charge in [-0.3, -0.25) is 0 Å². The van der Waals surface area contributed by atoms with E-state index >= 15 is 0 Å². The SMILES string of the molecule is Fc1ccc(F)c(C2CCON2)c1Cl. The third-order valence-electron chi connectivity index (χ3n) is 2.16. The van der Waals surface area contributed by atoms with Gasteiger partial charge < -0.3 is 4.84 Å². The molecule has 1 N–H and O–H groups in total. The Balaban J connectivity index is 2.44. The number of rotatable bonds is 1. The molecule has 1 aromatic carbocycles. The fourth-order valence-corrected chi connectivity index (χ4v) is 1.75. The Kier molecular flexibility index (Phi) is 2.67. The fourth-order valence-electron chi connectivity index (χ4n) is 1.46. The van der Waals surface area contributed by atoms with Crippen molar-refractivity contribution in [2.45, 2.75) is 12.5 Å². The van der Waals surface area contributed by atoms with E-state index in [1.54, 1.807) is 0 Å². The highest BCUT2D eigenvalue weighted by Crippen LogP contribution is 2.31. The number of halogens is 3. The first-order valence-corrected chi connectivity index (χ1v) is 4.58. The fraction of sp³-hybridized carbons (Fsp3) is 0.333. The predicted octanol–water partition coefficient (Wildman–Crippen LogP) is 2.58. The van der Waals surface area contributed by atoms with Crippen LogP contribution in [0, 0.1) is 11.6 Å². The molecule has 0 aromatic heterocycles. The van der Waals surface area contributed by atoms with Crippen LogP contribution in [0.5, 0.6) is 0 Å². The Morgan fingerprint density at radius 3 is 2.71 bits per heavy atom. The van der Waals surface area contributed by atoms with E-state index in [1.807, 2.05) is 0 Å². The van der Waals surface area contributed by atoms with Crippen molar-refractivity contribution < 1.29 is 13.6 Å². The lowest BCUT2D eigenvalue weighted by Crippen LogP contribution is -2.14. The number of benzene rings is 1. The van der Waals surface area contributed by atoms with Gasteiger partial charge in [0, 0.05) is 5.56 Å². The molecule has 0 bridgehead atoms. The normalized spacial score (nSPS) is 21.5. The van der Waals surface area contributed by atoms with E-state index in [4.69, 9.17) is 16.4 Å². The molecule has 1 heterocycles. The monoisotopic (exact) mass is 219 g/mol. The standard InChI is InChI=1S/C9H8ClF2NO/c10-9-6(12)2-1-5(11)8(9)7-3-4-14-13-7/h1-2,7,13H,3-4H2. The van der Waals surface area contributed by atoms with Crippen LogP contribution in [0.25, 0.3) is 0 Å². The Morgan fingerprint density at radius 1 is 1.36 bits per heavy atom. The summed E-state index contributed by atoms with van der Waals surface area (Å²) in [5, 5.41) is -0.173. The van der Waals surface area contributed by atoms with Gasteiger partial charge in [0.2, 0.25) is 0 Å². The largest absolute Gasteiger partial charge is 0.301 e. The van der Waals surface area contributed by atoms with Crippen LogP contribution in [0.2, 0.25) is 5.02 Å². The minimum Gasteiger partial charge on any atom is -0.301 e. The summed E-state index contributed by atoms with van der Waals surface area (Å²) in [6.07, 6.45) is 0.583. The first-order valence-electron chi connectivity index (χ1n) is 4.21. The summed E-state index contributed by atoms with van der Waals surface area (Å²) in [7, 11) is 0. The second-order valence-electron chi connectivity index (χ2n) is 3.06. The molecule has 76 valence electrons. The molecule has 1 saturated heterocycles. The highest BCUT2D eigenvalue weighted by atomic mass is 35.5. The average Bonchev–Trinajstić information content (AvgIpc) is 2.65. The van der Waals surface area contributed by atoms with Crippen LogP contribution in [0.3, 0.4) is 0 Å². The number of hydrogen-bond donors (Lipinski definition) is 1. The van der Waals surface area contributed by atoms with E-state index in [9.17, 15) is 8.78 Å². The first kappa shape index (κ1) is 9.83. The summed E-state index contributed by atoms with van der Waals surface area (Å²) in [6, 6.07) is 1.71. The first-order chi connectivity index (χ1) is 6.70. The van der Waals surface area contributed by atoms with E-state index in [1.165, 1.54) is 0 Å². The molecule has 5 heteroatoms. The van der Waals surface area contributed by atoms with Gasteiger partial charge in [-0.15, -0.1) is 0 Å². The zero-order chi connectivity index (χ0) is 10.1. The molecule has 14 heavy (non-hydrogen) atoms. The van der Waals surface area contributed by atoms with Gasteiger partial charge in [0.05, 0.1) is 17.7 Å². The van der Waals surface area contributed by atoms with Crippen molar-refractivity contribution in [1.82, 2.24) is 5.48 Å². The second kappa shape index (κ2) is 3.81. The van der Waals surface area contributed by atoms with Crippen LogP contribution in [-0.4, -0.2) is 6.61 Å². The third kappa shape index (κ3) is 1.61. The molecule has 1 unspecified atom stereocenters. The maximum absolute atomic E-state index is 13.3. The van der Waals surface area contributed by atoms with Gasteiger partial charge in [-0.2, -0.15) is 5.48 Å². The van der Waals surface area contributed by atoms with E-state index in [2.05, 4.69) is 5.48 Å². The number of hydrogen-bond acceptors (Lipinski definition) is 2.